The van der Waals surface area contributed by atoms with Crippen molar-refractivity contribution in [3.05, 3.63) is 75.9 Å². The molecule has 2 aliphatic heterocycles. The van der Waals surface area contributed by atoms with E-state index in [-0.39, 0.29) is 31.5 Å². The Hall–Kier alpha value is -3.64. The van der Waals surface area contributed by atoms with Crippen molar-refractivity contribution < 1.29 is 50.5 Å². The molecule has 0 unspecified atom stereocenters. The molecule has 5 rings (SSSR count). The fourth-order valence-corrected chi connectivity index (χ4v) is 6.58. The molecule has 0 radical (unpaired) electrons. The van der Waals surface area contributed by atoms with E-state index in [2.05, 4.69) is 0 Å². The summed E-state index contributed by atoms with van der Waals surface area (Å²) in [5, 5.41) is 9.55. The van der Waals surface area contributed by atoms with Gasteiger partial charge in [0.2, 0.25) is 11.8 Å². The zero-order valence-electron chi connectivity index (χ0n) is 24.0. The monoisotopic (exact) mass is 623 g/mol. The largest absolute Gasteiger partial charge is 0.508 e. The lowest BCUT2D eigenvalue weighted by Crippen LogP contribution is -2.35. The lowest BCUT2D eigenvalue weighted by Gasteiger charge is -2.31. The standard InChI is InChI=1S/C32H31F6NO5/c1-3-17(10-18-4-7-23(40)8-5-18)6-9-26-27-19(15-43-2)11-24-28(25(27)16-44-26)30(42)39(29(24)41)22-13-20(31(33,34)35)12-21(14-22)32(36,37)38/h4-5,7-8,10,12-14,24-26,28,40H,3,6,9,11,15-16H2,1-2H3/b17-10+/t24-,25+,26-,28-/m1/s1. The number of carbonyl (C=O) groups excluding carboxylic acids is 2. The molecule has 6 nitrogen and oxygen atoms in total. The first-order valence-corrected chi connectivity index (χ1v) is 14.2. The maximum atomic E-state index is 13.7. The normalized spacial score (nSPS) is 24.3. The van der Waals surface area contributed by atoms with Gasteiger partial charge in [0.1, 0.15) is 5.75 Å². The summed E-state index contributed by atoms with van der Waals surface area (Å²) < 4.78 is 92.9. The minimum Gasteiger partial charge on any atom is -0.508 e. The third kappa shape index (κ3) is 6.14. The molecule has 2 heterocycles. The molecule has 2 aromatic carbocycles. The third-order valence-electron chi connectivity index (χ3n) is 8.60. The molecule has 1 aliphatic carbocycles. The maximum absolute atomic E-state index is 13.7. The maximum Gasteiger partial charge on any atom is 0.416 e. The number of benzene rings is 2. The van der Waals surface area contributed by atoms with Gasteiger partial charge in [-0.3, -0.25) is 9.59 Å². The number of imide groups is 1. The van der Waals surface area contributed by atoms with Crippen LogP contribution in [0.2, 0.25) is 0 Å². The molecule has 236 valence electrons. The molecule has 0 bridgehead atoms. The van der Waals surface area contributed by atoms with Crippen molar-refractivity contribution in [3.63, 3.8) is 0 Å². The van der Waals surface area contributed by atoms with Crippen LogP contribution in [0.25, 0.3) is 6.08 Å². The summed E-state index contributed by atoms with van der Waals surface area (Å²) in [7, 11) is 1.48. The van der Waals surface area contributed by atoms with Gasteiger partial charge in [-0.05, 0) is 72.7 Å². The highest BCUT2D eigenvalue weighted by atomic mass is 19.4. The van der Waals surface area contributed by atoms with Gasteiger partial charge in [0.15, 0.2) is 0 Å². The molecule has 4 atom stereocenters. The second-order valence-corrected chi connectivity index (χ2v) is 11.3. The van der Waals surface area contributed by atoms with Gasteiger partial charge >= 0.3 is 12.4 Å². The number of methoxy groups -OCH3 is 1. The van der Waals surface area contributed by atoms with Gasteiger partial charge in [-0.1, -0.05) is 30.7 Å². The van der Waals surface area contributed by atoms with E-state index in [0.717, 1.165) is 28.7 Å². The van der Waals surface area contributed by atoms with E-state index in [9.17, 15) is 41.0 Å². The Bertz CT molecular complexity index is 1460. The van der Waals surface area contributed by atoms with E-state index < -0.39 is 64.8 Å². The minimum absolute atomic E-state index is 0.0337. The smallest absolute Gasteiger partial charge is 0.416 e. The van der Waals surface area contributed by atoms with Gasteiger partial charge in [0.05, 0.1) is 48.0 Å². The number of nitrogens with zero attached hydrogens (tertiary/aromatic N) is 1. The molecule has 2 fully saturated rings. The highest BCUT2D eigenvalue weighted by Crippen LogP contribution is 2.51. The lowest BCUT2D eigenvalue weighted by atomic mass is 9.69. The van der Waals surface area contributed by atoms with Gasteiger partial charge in [-0.2, -0.15) is 26.3 Å². The summed E-state index contributed by atoms with van der Waals surface area (Å²) in [5.41, 5.74) is -0.354. The van der Waals surface area contributed by atoms with E-state index in [1.165, 1.54) is 7.11 Å². The molecule has 0 spiro atoms. The molecule has 44 heavy (non-hydrogen) atoms. The fourth-order valence-electron chi connectivity index (χ4n) is 6.58. The van der Waals surface area contributed by atoms with Crippen molar-refractivity contribution in [2.75, 3.05) is 25.2 Å². The topological polar surface area (TPSA) is 76.1 Å². The number of allylic oxidation sites excluding steroid dienone is 1. The minimum atomic E-state index is -5.13. The second-order valence-electron chi connectivity index (χ2n) is 11.3. The van der Waals surface area contributed by atoms with Crippen LogP contribution in [-0.4, -0.2) is 43.3 Å². The summed E-state index contributed by atoms with van der Waals surface area (Å²) >= 11 is 0. The number of amides is 2. The van der Waals surface area contributed by atoms with Crippen LogP contribution in [0.4, 0.5) is 32.0 Å². The summed E-state index contributed by atoms with van der Waals surface area (Å²) in [6.45, 7) is 2.24. The number of phenolic OH excluding ortho intramolecular Hbond substituents is 1. The zero-order chi connectivity index (χ0) is 32.0. The first-order chi connectivity index (χ1) is 20.7. The van der Waals surface area contributed by atoms with Gasteiger partial charge in [0.25, 0.3) is 0 Å². The first kappa shape index (κ1) is 31.8. The van der Waals surface area contributed by atoms with Gasteiger partial charge < -0.3 is 14.6 Å². The number of alkyl halides is 6. The van der Waals surface area contributed by atoms with Crippen LogP contribution in [0.15, 0.2) is 59.2 Å². The van der Waals surface area contributed by atoms with Crippen molar-refractivity contribution >= 4 is 23.6 Å². The summed E-state index contributed by atoms with van der Waals surface area (Å²) in [6, 6.07) is 7.57. The number of hydrogen-bond donors (Lipinski definition) is 1. The van der Waals surface area contributed by atoms with Gasteiger partial charge in [-0.25, -0.2) is 4.90 Å². The number of ether oxygens (including phenoxy) is 2. The Labute approximate surface area is 249 Å². The average Bonchev–Trinajstić information content (AvgIpc) is 3.49. The number of carbonyl (C=O) groups is 2. The van der Waals surface area contributed by atoms with E-state index in [0.29, 0.717) is 29.9 Å². The molecular weight excluding hydrogens is 592 g/mol. The first-order valence-electron chi connectivity index (χ1n) is 14.2. The van der Waals surface area contributed by atoms with E-state index >= 15 is 0 Å². The van der Waals surface area contributed by atoms with Crippen LogP contribution in [0, 0.1) is 17.8 Å². The highest BCUT2D eigenvalue weighted by molar-refractivity contribution is 6.22. The predicted molar refractivity (Wildman–Crippen MR) is 148 cm³/mol. The van der Waals surface area contributed by atoms with Crippen molar-refractivity contribution in [1.82, 2.24) is 0 Å². The zero-order valence-corrected chi connectivity index (χ0v) is 24.0. The van der Waals surface area contributed by atoms with Gasteiger partial charge in [-0.15, -0.1) is 0 Å². The molecule has 3 aliphatic rings. The average molecular weight is 624 g/mol. The number of halogens is 6. The van der Waals surface area contributed by atoms with Crippen molar-refractivity contribution in [2.45, 2.75) is 51.1 Å². The van der Waals surface area contributed by atoms with E-state index in [4.69, 9.17) is 9.47 Å². The summed E-state index contributed by atoms with van der Waals surface area (Å²) in [6.07, 6.45) is -6.59. The number of rotatable bonds is 8. The van der Waals surface area contributed by atoms with Crippen LogP contribution in [0.5, 0.6) is 5.75 Å². The van der Waals surface area contributed by atoms with Gasteiger partial charge in [0, 0.05) is 13.0 Å². The quantitative estimate of drug-likeness (QED) is 0.192. The van der Waals surface area contributed by atoms with Crippen LogP contribution >= 0.6 is 0 Å². The van der Waals surface area contributed by atoms with Crippen molar-refractivity contribution in [1.29, 1.82) is 0 Å². The molecular formula is C32H31F6NO5. The number of anilines is 1. The Morgan fingerprint density at radius 2 is 1.64 bits per heavy atom. The fraction of sp³-hybridized carbons (Fsp3) is 0.438. The van der Waals surface area contributed by atoms with Crippen LogP contribution in [-0.2, 0) is 31.4 Å². The van der Waals surface area contributed by atoms with Crippen LogP contribution in [0.3, 0.4) is 0 Å². The SMILES string of the molecule is CC/C(=C\c1ccc(O)cc1)CC[C@H]1OC[C@H]2C1=C(COC)C[C@H]1C(=O)N(c3cc(C(F)(F)F)cc(C(F)(F)F)c3)C(=O)[C@H]12. The van der Waals surface area contributed by atoms with Crippen molar-refractivity contribution in [3.8, 4) is 5.75 Å². The lowest BCUT2D eigenvalue weighted by molar-refractivity contribution is -0.143. The Morgan fingerprint density at radius 3 is 2.20 bits per heavy atom. The summed E-state index contributed by atoms with van der Waals surface area (Å²) in [4.78, 5) is 27.8. The Balaban J connectivity index is 1.43. The molecule has 2 aromatic rings. The number of phenols is 1. The number of fused-ring (bicyclic) bond motifs is 3. The Kier molecular flexibility index (Phi) is 8.69. The Morgan fingerprint density at radius 1 is 1.00 bits per heavy atom. The second kappa shape index (κ2) is 12.0. The molecule has 2 saturated heterocycles. The molecule has 0 saturated carbocycles. The highest BCUT2D eigenvalue weighted by Gasteiger charge is 2.57. The van der Waals surface area contributed by atoms with Crippen LogP contribution in [0.1, 0.15) is 49.3 Å². The van der Waals surface area contributed by atoms with E-state index in [1.807, 2.05) is 13.0 Å². The molecule has 2 amide bonds. The number of hydrogen-bond acceptors (Lipinski definition) is 5. The van der Waals surface area contributed by atoms with Crippen molar-refractivity contribution in [2.24, 2.45) is 17.8 Å². The molecule has 0 aromatic heterocycles. The molecule has 1 N–H and O–H groups in total. The molecule has 12 heteroatoms. The van der Waals surface area contributed by atoms with Crippen LogP contribution < -0.4 is 4.90 Å². The summed E-state index contributed by atoms with van der Waals surface area (Å²) in [5.74, 6) is -4.03. The predicted octanol–water partition coefficient (Wildman–Crippen LogP) is 7.17. The van der Waals surface area contributed by atoms with E-state index in [1.54, 1.807) is 24.3 Å². The number of aromatic hydroxyl groups is 1. The third-order valence-corrected chi connectivity index (χ3v) is 8.60.